The van der Waals surface area contributed by atoms with Crippen molar-refractivity contribution in [1.82, 2.24) is 20.6 Å². The summed E-state index contributed by atoms with van der Waals surface area (Å²) >= 11 is 0. The van der Waals surface area contributed by atoms with Crippen LogP contribution >= 0.6 is 0 Å². The minimum absolute atomic E-state index is 0.00436. The largest absolute Gasteiger partial charge is 0.372 e. The molecule has 0 aliphatic carbocycles. The Bertz CT molecular complexity index is 705. The summed E-state index contributed by atoms with van der Waals surface area (Å²) in [5.74, 6) is -0.665. The second-order valence-electron chi connectivity index (χ2n) is 4.63. The number of carbonyl (C=O) groups excluding carboxylic acids is 1. The number of benzene rings is 2. The highest BCUT2D eigenvalue weighted by Crippen LogP contribution is 2.30. The first-order valence-electron chi connectivity index (χ1n) is 6.59. The third-order valence-electron chi connectivity index (χ3n) is 3.28. The summed E-state index contributed by atoms with van der Waals surface area (Å²) < 4.78 is 0. The number of aromatic amines is 1. The molecule has 3 N–H and O–H groups in total. The molecule has 0 aliphatic rings. The Morgan fingerprint density at radius 2 is 1.55 bits per heavy atom. The SMILES string of the molecule is O=C(Nc1nn[nH]n1)C(O)(c1ccccc1)c1ccccc1. The lowest BCUT2D eigenvalue weighted by Crippen LogP contribution is -2.41. The van der Waals surface area contributed by atoms with Crippen molar-refractivity contribution in [2.24, 2.45) is 0 Å². The van der Waals surface area contributed by atoms with Gasteiger partial charge in [-0.2, -0.15) is 5.21 Å². The number of H-pyrrole nitrogens is 1. The molecule has 22 heavy (non-hydrogen) atoms. The van der Waals surface area contributed by atoms with Gasteiger partial charge in [-0.1, -0.05) is 65.8 Å². The maximum Gasteiger partial charge on any atom is 0.269 e. The van der Waals surface area contributed by atoms with Gasteiger partial charge in [0.05, 0.1) is 0 Å². The van der Waals surface area contributed by atoms with E-state index in [-0.39, 0.29) is 5.95 Å². The maximum absolute atomic E-state index is 12.7. The highest BCUT2D eigenvalue weighted by atomic mass is 16.3. The molecule has 3 aromatic rings. The van der Waals surface area contributed by atoms with Gasteiger partial charge in [-0.15, -0.1) is 5.10 Å². The molecule has 7 nitrogen and oxygen atoms in total. The zero-order chi connectivity index (χ0) is 15.4. The van der Waals surface area contributed by atoms with Crippen LogP contribution in [-0.2, 0) is 10.4 Å². The van der Waals surface area contributed by atoms with Crippen molar-refractivity contribution in [3.05, 3.63) is 71.8 Å². The van der Waals surface area contributed by atoms with Gasteiger partial charge in [-0.25, -0.2) is 0 Å². The summed E-state index contributed by atoms with van der Waals surface area (Å²) in [6.45, 7) is 0. The van der Waals surface area contributed by atoms with Gasteiger partial charge in [0.1, 0.15) is 0 Å². The van der Waals surface area contributed by atoms with E-state index in [4.69, 9.17) is 0 Å². The van der Waals surface area contributed by atoms with Crippen molar-refractivity contribution >= 4 is 11.9 Å². The first-order valence-corrected chi connectivity index (χ1v) is 6.59. The molecule has 1 aromatic heterocycles. The second-order valence-corrected chi connectivity index (χ2v) is 4.63. The van der Waals surface area contributed by atoms with Crippen molar-refractivity contribution in [3.8, 4) is 0 Å². The third kappa shape index (κ3) is 2.45. The summed E-state index contributed by atoms with van der Waals surface area (Å²) in [5, 5.41) is 26.5. The van der Waals surface area contributed by atoms with Gasteiger partial charge in [0, 0.05) is 0 Å². The molecular formula is C15H13N5O2. The third-order valence-corrected chi connectivity index (χ3v) is 3.28. The van der Waals surface area contributed by atoms with Crippen LogP contribution in [0.1, 0.15) is 11.1 Å². The number of tetrazole rings is 1. The molecule has 0 bridgehead atoms. The summed E-state index contributed by atoms with van der Waals surface area (Å²) in [5.41, 5.74) is -0.965. The molecule has 3 rings (SSSR count). The average molecular weight is 295 g/mol. The smallest absolute Gasteiger partial charge is 0.269 e. The Morgan fingerprint density at radius 1 is 1.00 bits per heavy atom. The van der Waals surface area contributed by atoms with Gasteiger partial charge in [-0.05, 0) is 16.3 Å². The van der Waals surface area contributed by atoms with Gasteiger partial charge in [0.15, 0.2) is 5.60 Å². The Balaban J connectivity index is 2.05. The number of amides is 1. The van der Waals surface area contributed by atoms with E-state index in [1.54, 1.807) is 48.5 Å². The van der Waals surface area contributed by atoms with Gasteiger partial charge in [-0.3, -0.25) is 10.1 Å². The number of anilines is 1. The van der Waals surface area contributed by atoms with Crippen LogP contribution in [0.2, 0.25) is 0 Å². The highest BCUT2D eigenvalue weighted by molar-refractivity contribution is 5.99. The normalized spacial score (nSPS) is 11.1. The van der Waals surface area contributed by atoms with Crippen LogP contribution < -0.4 is 5.32 Å². The average Bonchev–Trinajstić information content (AvgIpc) is 3.08. The van der Waals surface area contributed by atoms with Gasteiger partial charge < -0.3 is 5.11 Å². The van der Waals surface area contributed by atoms with E-state index in [2.05, 4.69) is 25.9 Å². The molecule has 0 atom stereocenters. The number of hydrogen-bond donors (Lipinski definition) is 3. The molecule has 0 fully saturated rings. The van der Waals surface area contributed by atoms with Gasteiger partial charge in [0.2, 0.25) is 0 Å². The lowest BCUT2D eigenvalue weighted by Gasteiger charge is -2.27. The fraction of sp³-hybridized carbons (Fsp3) is 0.0667. The van der Waals surface area contributed by atoms with Gasteiger partial charge in [0.25, 0.3) is 11.9 Å². The topological polar surface area (TPSA) is 104 Å². The summed E-state index contributed by atoms with van der Waals surface area (Å²) in [6, 6.07) is 17.4. The monoisotopic (exact) mass is 295 g/mol. The molecule has 0 unspecified atom stereocenters. The van der Waals surface area contributed by atoms with Crippen LogP contribution in [0.25, 0.3) is 0 Å². The highest BCUT2D eigenvalue weighted by Gasteiger charge is 2.40. The van der Waals surface area contributed by atoms with Crippen LogP contribution in [0.3, 0.4) is 0 Å². The molecule has 0 spiro atoms. The number of hydrogen-bond acceptors (Lipinski definition) is 5. The Labute approximate surface area is 126 Å². The van der Waals surface area contributed by atoms with Crippen molar-refractivity contribution in [2.45, 2.75) is 5.60 Å². The van der Waals surface area contributed by atoms with Crippen molar-refractivity contribution in [1.29, 1.82) is 0 Å². The van der Waals surface area contributed by atoms with Crippen molar-refractivity contribution in [3.63, 3.8) is 0 Å². The van der Waals surface area contributed by atoms with E-state index < -0.39 is 11.5 Å². The van der Waals surface area contributed by atoms with E-state index in [9.17, 15) is 9.90 Å². The van der Waals surface area contributed by atoms with Crippen molar-refractivity contribution in [2.75, 3.05) is 5.32 Å². The zero-order valence-corrected chi connectivity index (χ0v) is 11.5. The predicted molar refractivity (Wildman–Crippen MR) is 78.7 cm³/mol. The number of aromatic nitrogens is 4. The maximum atomic E-state index is 12.7. The fourth-order valence-electron chi connectivity index (χ4n) is 2.19. The first kappa shape index (κ1) is 13.9. The Kier molecular flexibility index (Phi) is 3.63. The molecule has 0 aliphatic heterocycles. The molecule has 0 radical (unpaired) electrons. The molecule has 2 aromatic carbocycles. The Hall–Kier alpha value is -3.06. The number of rotatable bonds is 4. The van der Waals surface area contributed by atoms with Gasteiger partial charge >= 0.3 is 0 Å². The number of nitrogens with zero attached hydrogens (tertiary/aromatic N) is 3. The van der Waals surface area contributed by atoms with E-state index in [1.807, 2.05) is 12.1 Å². The van der Waals surface area contributed by atoms with E-state index in [0.717, 1.165) is 0 Å². The molecule has 110 valence electrons. The predicted octanol–water partition coefficient (Wildman–Crippen LogP) is 1.07. The van der Waals surface area contributed by atoms with Crippen LogP contribution in [0, 0.1) is 0 Å². The minimum Gasteiger partial charge on any atom is -0.372 e. The quantitative estimate of drug-likeness (QED) is 0.668. The number of aliphatic hydroxyl groups is 1. The lowest BCUT2D eigenvalue weighted by molar-refractivity contribution is -0.131. The summed E-state index contributed by atoms with van der Waals surface area (Å²) in [7, 11) is 0. The molecule has 0 saturated carbocycles. The second kappa shape index (κ2) is 5.74. The van der Waals surface area contributed by atoms with Crippen molar-refractivity contribution < 1.29 is 9.90 Å². The molecule has 7 heteroatoms. The van der Waals surface area contributed by atoms with E-state index in [1.165, 1.54) is 0 Å². The molecular weight excluding hydrogens is 282 g/mol. The first-order chi connectivity index (χ1) is 10.7. The molecule has 1 amide bonds. The zero-order valence-electron chi connectivity index (χ0n) is 11.5. The van der Waals surface area contributed by atoms with Crippen LogP contribution in [0.5, 0.6) is 0 Å². The lowest BCUT2D eigenvalue weighted by atomic mass is 9.85. The molecule has 0 saturated heterocycles. The van der Waals surface area contributed by atoms with E-state index >= 15 is 0 Å². The van der Waals surface area contributed by atoms with Crippen LogP contribution in [0.15, 0.2) is 60.7 Å². The fourth-order valence-corrected chi connectivity index (χ4v) is 2.19. The summed E-state index contributed by atoms with van der Waals surface area (Å²) in [6.07, 6.45) is 0. The number of carbonyl (C=O) groups is 1. The Morgan fingerprint density at radius 3 is 2.00 bits per heavy atom. The standard InChI is InChI=1S/C15H13N5O2/c21-13(16-14-17-19-20-18-14)15(22,11-7-3-1-4-8-11)12-9-5-2-6-10-12/h1-10,22H,(H2,16,17,18,19,20,21). The van der Waals surface area contributed by atoms with Crippen LogP contribution in [-0.4, -0.2) is 31.6 Å². The molecule has 1 heterocycles. The van der Waals surface area contributed by atoms with E-state index in [0.29, 0.717) is 11.1 Å². The number of nitrogens with one attached hydrogen (secondary N) is 2. The van der Waals surface area contributed by atoms with Crippen LogP contribution in [0.4, 0.5) is 5.95 Å². The summed E-state index contributed by atoms with van der Waals surface area (Å²) in [4.78, 5) is 12.7. The minimum atomic E-state index is -1.86.